The molecule has 1 aromatic heterocycles. The Balaban J connectivity index is 1.63. The first kappa shape index (κ1) is 20.6. The average Bonchev–Trinajstić information content (AvgIpc) is 3.22. The molecule has 0 fully saturated rings. The zero-order valence-corrected chi connectivity index (χ0v) is 17.9. The predicted octanol–water partition coefficient (Wildman–Crippen LogP) is 5.91. The van der Waals surface area contributed by atoms with Crippen molar-refractivity contribution < 1.29 is 9.59 Å². The van der Waals surface area contributed by atoms with Crippen LogP contribution in [0, 0.1) is 6.92 Å². The van der Waals surface area contributed by atoms with Crippen molar-refractivity contribution in [3.63, 3.8) is 0 Å². The van der Waals surface area contributed by atoms with Crippen LogP contribution in [0.1, 0.15) is 31.8 Å². The second-order valence-corrected chi connectivity index (χ2v) is 8.09. The summed E-state index contributed by atoms with van der Waals surface area (Å²) >= 11 is 1.35. The normalized spacial score (nSPS) is 10.5. The lowest BCUT2D eigenvalue weighted by molar-refractivity contribution is 0.0953. The minimum atomic E-state index is -0.237. The van der Waals surface area contributed by atoms with Crippen LogP contribution in [0.2, 0.25) is 0 Å². The van der Waals surface area contributed by atoms with Gasteiger partial charge in [0, 0.05) is 23.1 Å². The molecule has 4 rings (SSSR count). The fraction of sp³-hybridized carbons (Fsp3) is 0.0769. The van der Waals surface area contributed by atoms with Gasteiger partial charge in [-0.05, 0) is 30.2 Å². The molecule has 0 bridgehead atoms. The van der Waals surface area contributed by atoms with Crippen LogP contribution < -0.4 is 10.6 Å². The number of hydrogen-bond acceptors (Lipinski definition) is 3. The van der Waals surface area contributed by atoms with Crippen molar-refractivity contribution in [2.45, 2.75) is 13.5 Å². The van der Waals surface area contributed by atoms with Gasteiger partial charge in [-0.1, -0.05) is 78.4 Å². The summed E-state index contributed by atoms with van der Waals surface area (Å²) in [5, 5.41) is 8.37. The van der Waals surface area contributed by atoms with Gasteiger partial charge in [-0.3, -0.25) is 9.59 Å². The molecule has 3 aromatic carbocycles. The van der Waals surface area contributed by atoms with Gasteiger partial charge in [0.15, 0.2) is 0 Å². The molecule has 0 saturated heterocycles. The highest BCUT2D eigenvalue weighted by molar-refractivity contribution is 7.15. The molecule has 0 radical (unpaired) electrons. The molecule has 154 valence electrons. The van der Waals surface area contributed by atoms with E-state index in [0.717, 1.165) is 22.3 Å². The van der Waals surface area contributed by atoms with E-state index in [1.54, 1.807) is 12.1 Å². The third-order valence-electron chi connectivity index (χ3n) is 4.94. The van der Waals surface area contributed by atoms with E-state index >= 15 is 0 Å². The maximum Gasteiger partial charge on any atom is 0.256 e. The first-order valence-corrected chi connectivity index (χ1v) is 10.9. The van der Waals surface area contributed by atoms with Crippen LogP contribution in [-0.4, -0.2) is 11.8 Å². The molecule has 4 aromatic rings. The fourth-order valence-corrected chi connectivity index (χ4v) is 4.21. The Bertz CT molecular complexity index is 1180. The van der Waals surface area contributed by atoms with E-state index in [-0.39, 0.29) is 11.8 Å². The zero-order valence-electron chi connectivity index (χ0n) is 17.1. The largest absolute Gasteiger partial charge is 0.348 e. The number of rotatable bonds is 6. The minimum absolute atomic E-state index is 0.219. The highest BCUT2D eigenvalue weighted by Crippen LogP contribution is 2.36. The maximum absolute atomic E-state index is 13.2. The number of benzene rings is 3. The van der Waals surface area contributed by atoms with Crippen LogP contribution >= 0.6 is 11.3 Å². The molecular formula is C26H22N2O2S. The minimum Gasteiger partial charge on any atom is -0.348 e. The van der Waals surface area contributed by atoms with Crippen molar-refractivity contribution >= 4 is 28.2 Å². The molecule has 2 amide bonds. The smallest absolute Gasteiger partial charge is 0.256 e. The maximum atomic E-state index is 13.2. The average molecular weight is 427 g/mol. The highest BCUT2D eigenvalue weighted by atomic mass is 32.1. The van der Waals surface area contributed by atoms with E-state index in [2.05, 4.69) is 10.6 Å². The van der Waals surface area contributed by atoms with Gasteiger partial charge >= 0.3 is 0 Å². The molecule has 0 aliphatic heterocycles. The number of carbonyl (C=O) groups is 2. The lowest BCUT2D eigenvalue weighted by Gasteiger charge is -2.11. The first-order valence-electron chi connectivity index (χ1n) is 9.99. The number of aryl methyl sites for hydroxylation is 1. The Labute approximate surface area is 185 Å². The van der Waals surface area contributed by atoms with Crippen LogP contribution in [0.25, 0.3) is 11.1 Å². The Morgan fingerprint density at radius 1 is 0.806 bits per heavy atom. The van der Waals surface area contributed by atoms with E-state index < -0.39 is 0 Å². The number of nitrogens with one attached hydrogen (secondary N) is 2. The van der Waals surface area contributed by atoms with Crippen molar-refractivity contribution in [2.75, 3.05) is 5.32 Å². The Hall–Kier alpha value is -3.70. The van der Waals surface area contributed by atoms with Gasteiger partial charge in [-0.25, -0.2) is 0 Å². The SMILES string of the molecule is Cc1ccc(C(=O)Nc2scc(-c3ccccc3)c2C(=O)NCc2ccccc2)cc1. The van der Waals surface area contributed by atoms with E-state index in [0.29, 0.717) is 22.7 Å². The third-order valence-corrected chi connectivity index (χ3v) is 5.84. The standard InChI is InChI=1S/C26H22N2O2S/c1-18-12-14-21(15-13-18)24(29)28-26-23(22(17-31-26)20-10-6-3-7-11-20)25(30)27-16-19-8-4-2-5-9-19/h2-15,17H,16H2,1H3,(H,27,30)(H,28,29). The lowest BCUT2D eigenvalue weighted by Crippen LogP contribution is -2.24. The summed E-state index contributed by atoms with van der Waals surface area (Å²) in [6.07, 6.45) is 0. The summed E-state index contributed by atoms with van der Waals surface area (Å²) in [4.78, 5) is 26.0. The van der Waals surface area contributed by atoms with Gasteiger partial charge in [0.05, 0.1) is 5.56 Å². The molecule has 0 atom stereocenters. The van der Waals surface area contributed by atoms with Crippen molar-refractivity contribution in [3.05, 3.63) is 113 Å². The predicted molar refractivity (Wildman–Crippen MR) is 126 cm³/mol. The van der Waals surface area contributed by atoms with Gasteiger partial charge in [0.2, 0.25) is 0 Å². The topological polar surface area (TPSA) is 58.2 Å². The molecule has 0 aliphatic rings. The number of anilines is 1. The van der Waals surface area contributed by atoms with Crippen LogP contribution in [-0.2, 0) is 6.54 Å². The zero-order chi connectivity index (χ0) is 21.6. The summed E-state index contributed by atoms with van der Waals surface area (Å²) in [5.41, 5.74) is 4.86. The summed E-state index contributed by atoms with van der Waals surface area (Å²) in [6, 6.07) is 26.8. The van der Waals surface area contributed by atoms with Gasteiger partial charge in [0.1, 0.15) is 5.00 Å². The Morgan fingerprint density at radius 3 is 2.13 bits per heavy atom. The van der Waals surface area contributed by atoms with Crippen LogP contribution in [0.5, 0.6) is 0 Å². The third kappa shape index (κ3) is 4.90. The van der Waals surface area contributed by atoms with Crippen molar-refractivity contribution in [3.8, 4) is 11.1 Å². The molecule has 0 spiro atoms. The summed E-state index contributed by atoms with van der Waals surface area (Å²) in [7, 11) is 0. The van der Waals surface area contributed by atoms with Gasteiger partial charge in [-0.15, -0.1) is 11.3 Å². The molecular weight excluding hydrogens is 404 g/mol. The monoisotopic (exact) mass is 426 g/mol. The quantitative estimate of drug-likeness (QED) is 0.403. The van der Waals surface area contributed by atoms with Crippen LogP contribution in [0.15, 0.2) is 90.3 Å². The molecule has 0 saturated carbocycles. The second kappa shape index (κ2) is 9.41. The van der Waals surface area contributed by atoms with Crippen LogP contribution in [0.4, 0.5) is 5.00 Å². The van der Waals surface area contributed by atoms with E-state index in [1.165, 1.54) is 11.3 Å². The molecule has 1 heterocycles. The molecule has 0 aliphatic carbocycles. The summed E-state index contributed by atoms with van der Waals surface area (Å²) in [5.74, 6) is -0.457. The first-order chi connectivity index (χ1) is 15.1. The fourth-order valence-electron chi connectivity index (χ4n) is 3.25. The van der Waals surface area contributed by atoms with Gasteiger partial charge < -0.3 is 10.6 Å². The van der Waals surface area contributed by atoms with Crippen molar-refractivity contribution in [1.82, 2.24) is 5.32 Å². The number of thiophene rings is 1. The molecule has 31 heavy (non-hydrogen) atoms. The Morgan fingerprint density at radius 2 is 1.45 bits per heavy atom. The Kier molecular flexibility index (Phi) is 6.24. The van der Waals surface area contributed by atoms with Crippen LogP contribution in [0.3, 0.4) is 0 Å². The van der Waals surface area contributed by atoms with Gasteiger partial charge in [0.25, 0.3) is 11.8 Å². The number of hydrogen-bond donors (Lipinski definition) is 2. The van der Waals surface area contributed by atoms with E-state index in [9.17, 15) is 9.59 Å². The molecule has 0 unspecified atom stereocenters. The molecule has 5 heteroatoms. The molecule has 4 nitrogen and oxygen atoms in total. The molecule has 2 N–H and O–H groups in total. The van der Waals surface area contributed by atoms with Gasteiger partial charge in [-0.2, -0.15) is 0 Å². The lowest BCUT2D eigenvalue weighted by atomic mass is 10.0. The number of carbonyl (C=O) groups excluding carboxylic acids is 2. The van der Waals surface area contributed by atoms with E-state index in [4.69, 9.17) is 0 Å². The van der Waals surface area contributed by atoms with E-state index in [1.807, 2.05) is 85.1 Å². The van der Waals surface area contributed by atoms with Crippen molar-refractivity contribution in [1.29, 1.82) is 0 Å². The van der Waals surface area contributed by atoms with Crippen molar-refractivity contribution in [2.24, 2.45) is 0 Å². The number of amides is 2. The second-order valence-electron chi connectivity index (χ2n) is 7.21. The highest BCUT2D eigenvalue weighted by Gasteiger charge is 2.22. The summed E-state index contributed by atoms with van der Waals surface area (Å²) in [6.45, 7) is 2.39. The summed E-state index contributed by atoms with van der Waals surface area (Å²) < 4.78 is 0.